The molecular weight excluding hydrogens is 344 g/mol. The maximum absolute atomic E-state index is 12.5. The Bertz CT molecular complexity index is 992. The van der Waals surface area contributed by atoms with Crippen LogP contribution in [0.5, 0.6) is 0 Å². The van der Waals surface area contributed by atoms with Gasteiger partial charge in [-0.15, -0.1) is 0 Å². The Kier molecular flexibility index (Phi) is 5.12. The van der Waals surface area contributed by atoms with Gasteiger partial charge in [-0.25, -0.2) is 4.68 Å². The van der Waals surface area contributed by atoms with Crippen molar-refractivity contribution in [3.63, 3.8) is 0 Å². The summed E-state index contributed by atoms with van der Waals surface area (Å²) in [5.74, 6) is -0.342. The molecule has 0 aliphatic carbocycles. The first kappa shape index (κ1) is 18.1. The number of benzene rings is 2. The van der Waals surface area contributed by atoms with E-state index in [2.05, 4.69) is 15.7 Å². The van der Waals surface area contributed by atoms with Gasteiger partial charge in [0.1, 0.15) is 5.82 Å². The molecule has 2 N–H and O–H groups in total. The summed E-state index contributed by atoms with van der Waals surface area (Å²) in [7, 11) is 0. The van der Waals surface area contributed by atoms with Gasteiger partial charge in [0, 0.05) is 24.2 Å². The number of hydrogen-bond acceptors (Lipinski definition) is 4. The number of carbonyl (C=O) groups is 3. The summed E-state index contributed by atoms with van der Waals surface area (Å²) < 4.78 is 1.50. The average molecular weight is 362 g/mol. The molecule has 0 atom stereocenters. The lowest BCUT2D eigenvalue weighted by Crippen LogP contribution is -2.13. The number of ketones is 1. The van der Waals surface area contributed by atoms with Crippen molar-refractivity contribution >= 4 is 29.1 Å². The first-order chi connectivity index (χ1) is 12.9. The number of para-hydroxylation sites is 1. The summed E-state index contributed by atoms with van der Waals surface area (Å²) in [6.45, 7) is 2.87. The van der Waals surface area contributed by atoms with Crippen molar-refractivity contribution in [2.75, 3.05) is 10.6 Å². The average Bonchev–Trinajstić information content (AvgIpc) is 3.06. The second kappa shape index (κ2) is 7.65. The topological polar surface area (TPSA) is 93.1 Å². The Morgan fingerprint density at radius 2 is 1.56 bits per heavy atom. The number of Topliss-reactive ketones (excluding diaryl/α,β-unsaturated/α-hetero) is 1. The van der Waals surface area contributed by atoms with E-state index >= 15 is 0 Å². The van der Waals surface area contributed by atoms with Crippen LogP contribution in [0.3, 0.4) is 0 Å². The number of nitrogens with zero attached hydrogens (tertiary/aromatic N) is 2. The number of anilines is 2. The molecule has 7 nitrogen and oxygen atoms in total. The molecule has 0 aliphatic rings. The van der Waals surface area contributed by atoms with Crippen molar-refractivity contribution in [1.29, 1.82) is 0 Å². The molecule has 2 aromatic carbocycles. The van der Waals surface area contributed by atoms with Crippen LogP contribution < -0.4 is 10.6 Å². The maximum atomic E-state index is 12.5. The summed E-state index contributed by atoms with van der Waals surface area (Å²) >= 11 is 0. The first-order valence-electron chi connectivity index (χ1n) is 8.29. The third-order valence-corrected chi connectivity index (χ3v) is 3.80. The van der Waals surface area contributed by atoms with Gasteiger partial charge in [-0.2, -0.15) is 5.10 Å². The van der Waals surface area contributed by atoms with Gasteiger partial charge in [-0.05, 0) is 43.3 Å². The van der Waals surface area contributed by atoms with Crippen molar-refractivity contribution in [1.82, 2.24) is 9.78 Å². The van der Waals surface area contributed by atoms with E-state index in [0.29, 0.717) is 22.8 Å². The van der Waals surface area contributed by atoms with E-state index in [1.807, 2.05) is 30.3 Å². The molecule has 0 fully saturated rings. The van der Waals surface area contributed by atoms with Gasteiger partial charge in [0.05, 0.1) is 5.69 Å². The van der Waals surface area contributed by atoms with E-state index in [1.165, 1.54) is 24.6 Å². The minimum atomic E-state index is -0.424. The zero-order valence-electron chi connectivity index (χ0n) is 14.9. The lowest BCUT2D eigenvalue weighted by Gasteiger charge is -2.06. The van der Waals surface area contributed by atoms with Crippen LogP contribution >= 0.6 is 0 Å². The molecule has 3 aromatic rings. The zero-order chi connectivity index (χ0) is 19.4. The Morgan fingerprint density at radius 1 is 0.889 bits per heavy atom. The van der Waals surface area contributed by atoms with Crippen LogP contribution in [-0.4, -0.2) is 27.4 Å². The summed E-state index contributed by atoms with van der Waals surface area (Å²) in [4.78, 5) is 35.4. The van der Waals surface area contributed by atoms with E-state index in [4.69, 9.17) is 0 Å². The second-order valence-electron chi connectivity index (χ2n) is 5.93. The number of nitrogens with one attached hydrogen (secondary N) is 2. The van der Waals surface area contributed by atoms with Gasteiger partial charge in [0.25, 0.3) is 5.91 Å². The van der Waals surface area contributed by atoms with Gasteiger partial charge < -0.3 is 10.6 Å². The Hall–Kier alpha value is -3.74. The molecule has 1 aromatic heterocycles. The van der Waals surface area contributed by atoms with Gasteiger partial charge in [0.2, 0.25) is 5.91 Å². The van der Waals surface area contributed by atoms with Crippen molar-refractivity contribution in [3.05, 3.63) is 71.9 Å². The third kappa shape index (κ3) is 4.27. The second-order valence-corrected chi connectivity index (χ2v) is 5.93. The molecule has 0 saturated heterocycles. The molecule has 1 heterocycles. The molecule has 0 bridgehead atoms. The summed E-state index contributed by atoms with van der Waals surface area (Å²) in [5.41, 5.74) is 1.97. The molecule has 2 amide bonds. The fourth-order valence-electron chi connectivity index (χ4n) is 2.51. The molecule has 7 heteroatoms. The molecule has 0 unspecified atom stereocenters. The number of rotatable bonds is 5. The van der Waals surface area contributed by atoms with E-state index < -0.39 is 5.91 Å². The first-order valence-corrected chi connectivity index (χ1v) is 8.29. The Labute approximate surface area is 156 Å². The highest BCUT2D eigenvalue weighted by atomic mass is 16.2. The Balaban J connectivity index is 1.87. The van der Waals surface area contributed by atoms with Crippen LogP contribution in [0.4, 0.5) is 11.5 Å². The molecule has 3 rings (SSSR count). The van der Waals surface area contributed by atoms with Crippen LogP contribution in [-0.2, 0) is 4.79 Å². The van der Waals surface area contributed by atoms with Crippen LogP contribution in [0.1, 0.15) is 34.7 Å². The predicted molar refractivity (Wildman–Crippen MR) is 102 cm³/mol. The minimum Gasteiger partial charge on any atom is -0.321 e. The molecule has 136 valence electrons. The lowest BCUT2D eigenvalue weighted by atomic mass is 10.1. The highest BCUT2D eigenvalue weighted by molar-refractivity contribution is 6.04. The summed E-state index contributed by atoms with van der Waals surface area (Å²) in [5, 5.41) is 9.72. The standard InChI is InChI=1S/C20H18N4O3/c1-13(25)15-8-10-16(11-9-15)22-20(27)18-12-19(21-14(2)26)24(23-18)17-6-4-3-5-7-17/h3-12H,1-2H3,(H,21,26)(H,22,27). The van der Waals surface area contributed by atoms with Crippen molar-refractivity contribution in [2.45, 2.75) is 13.8 Å². The predicted octanol–water partition coefficient (Wildman–Crippen LogP) is 3.29. The summed E-state index contributed by atoms with van der Waals surface area (Å²) in [6.07, 6.45) is 0. The molecule has 0 radical (unpaired) electrons. The van der Waals surface area contributed by atoms with Gasteiger partial charge in [-0.1, -0.05) is 18.2 Å². The fourth-order valence-corrected chi connectivity index (χ4v) is 2.51. The largest absolute Gasteiger partial charge is 0.321 e. The van der Waals surface area contributed by atoms with Crippen LogP contribution in [0, 0.1) is 0 Å². The van der Waals surface area contributed by atoms with Crippen LogP contribution in [0.2, 0.25) is 0 Å². The van der Waals surface area contributed by atoms with Gasteiger partial charge in [-0.3, -0.25) is 14.4 Å². The van der Waals surface area contributed by atoms with E-state index in [-0.39, 0.29) is 17.4 Å². The fraction of sp³-hybridized carbons (Fsp3) is 0.100. The van der Waals surface area contributed by atoms with Crippen molar-refractivity contribution in [2.24, 2.45) is 0 Å². The third-order valence-electron chi connectivity index (χ3n) is 3.80. The zero-order valence-corrected chi connectivity index (χ0v) is 14.9. The minimum absolute atomic E-state index is 0.0468. The number of hydrogen-bond donors (Lipinski definition) is 2. The van der Waals surface area contributed by atoms with E-state index in [9.17, 15) is 14.4 Å². The molecule has 0 saturated carbocycles. The van der Waals surface area contributed by atoms with Gasteiger partial charge >= 0.3 is 0 Å². The summed E-state index contributed by atoms with van der Waals surface area (Å²) in [6, 6.07) is 17.3. The smallest absolute Gasteiger partial charge is 0.276 e. The van der Waals surface area contributed by atoms with E-state index in [1.54, 1.807) is 24.3 Å². The molecule has 0 aliphatic heterocycles. The van der Waals surface area contributed by atoms with Gasteiger partial charge in [0.15, 0.2) is 11.5 Å². The molecule has 0 spiro atoms. The lowest BCUT2D eigenvalue weighted by molar-refractivity contribution is -0.114. The monoisotopic (exact) mass is 362 g/mol. The quantitative estimate of drug-likeness (QED) is 0.681. The van der Waals surface area contributed by atoms with Crippen molar-refractivity contribution < 1.29 is 14.4 Å². The molecular formula is C20H18N4O3. The maximum Gasteiger partial charge on any atom is 0.276 e. The van der Waals surface area contributed by atoms with Crippen LogP contribution in [0.25, 0.3) is 5.69 Å². The number of carbonyl (C=O) groups excluding carboxylic acids is 3. The van der Waals surface area contributed by atoms with Crippen molar-refractivity contribution in [3.8, 4) is 5.69 Å². The highest BCUT2D eigenvalue weighted by Gasteiger charge is 2.16. The van der Waals surface area contributed by atoms with Crippen LogP contribution in [0.15, 0.2) is 60.7 Å². The highest BCUT2D eigenvalue weighted by Crippen LogP contribution is 2.19. The number of amides is 2. The SMILES string of the molecule is CC(=O)Nc1cc(C(=O)Nc2ccc(C(C)=O)cc2)nn1-c1ccccc1. The van der Waals surface area contributed by atoms with E-state index in [0.717, 1.165) is 0 Å². The normalized spacial score (nSPS) is 10.3. The molecule has 27 heavy (non-hydrogen) atoms. The Morgan fingerprint density at radius 3 is 2.15 bits per heavy atom. The number of aromatic nitrogens is 2.